The van der Waals surface area contributed by atoms with E-state index in [0.29, 0.717) is 5.69 Å². The zero-order chi connectivity index (χ0) is 10.2. The van der Waals surface area contributed by atoms with Gasteiger partial charge < -0.3 is 0 Å². The maximum atomic E-state index is 11.6. The van der Waals surface area contributed by atoms with Crippen molar-refractivity contribution in [1.29, 1.82) is 0 Å². The van der Waals surface area contributed by atoms with Crippen molar-refractivity contribution in [3.8, 4) is 0 Å². The number of sulfonamides is 1. The molecule has 13 heavy (non-hydrogen) atoms. The maximum absolute atomic E-state index is 11.6. The highest BCUT2D eigenvalue weighted by molar-refractivity contribution is 7.91. The standard InChI is InChI=1S/C6H9ClN2O2S2/c1-4-5(12-6(7)8-4)13(10,11)9(2)3/h1-3H3. The van der Waals surface area contributed by atoms with E-state index in [-0.39, 0.29) is 8.68 Å². The Morgan fingerprint density at radius 1 is 1.46 bits per heavy atom. The van der Waals surface area contributed by atoms with Gasteiger partial charge in [0, 0.05) is 14.1 Å². The van der Waals surface area contributed by atoms with Gasteiger partial charge in [-0.3, -0.25) is 0 Å². The lowest BCUT2D eigenvalue weighted by Crippen LogP contribution is -2.21. The molecule has 0 aliphatic carbocycles. The number of hydrogen-bond donors (Lipinski definition) is 0. The summed E-state index contributed by atoms with van der Waals surface area (Å²) in [5, 5.41) is 0. The van der Waals surface area contributed by atoms with Crippen LogP contribution in [0.15, 0.2) is 4.21 Å². The molecule has 0 saturated heterocycles. The fourth-order valence-electron chi connectivity index (χ4n) is 0.756. The van der Waals surface area contributed by atoms with Crippen LogP contribution in [0.2, 0.25) is 4.47 Å². The number of nitrogens with zero attached hydrogens (tertiary/aromatic N) is 2. The summed E-state index contributed by atoms with van der Waals surface area (Å²) in [7, 11) is -0.433. The summed E-state index contributed by atoms with van der Waals surface area (Å²) in [5.41, 5.74) is 0.448. The van der Waals surface area contributed by atoms with E-state index in [1.54, 1.807) is 6.92 Å². The van der Waals surface area contributed by atoms with Gasteiger partial charge in [-0.25, -0.2) is 17.7 Å². The molecule has 0 N–H and O–H groups in total. The molecule has 7 heteroatoms. The number of hydrogen-bond acceptors (Lipinski definition) is 4. The van der Waals surface area contributed by atoms with Gasteiger partial charge in [0.15, 0.2) is 8.68 Å². The summed E-state index contributed by atoms with van der Waals surface area (Å²) in [6.07, 6.45) is 0. The van der Waals surface area contributed by atoms with Crippen LogP contribution in [0.25, 0.3) is 0 Å². The Morgan fingerprint density at radius 3 is 2.31 bits per heavy atom. The van der Waals surface area contributed by atoms with Crippen LogP contribution < -0.4 is 0 Å². The third-order valence-corrected chi connectivity index (χ3v) is 5.11. The Labute approximate surface area is 86.2 Å². The molecule has 1 rings (SSSR count). The first-order valence-electron chi connectivity index (χ1n) is 3.41. The Bertz CT molecular complexity index is 410. The van der Waals surface area contributed by atoms with Crippen LogP contribution in [0.3, 0.4) is 0 Å². The highest BCUT2D eigenvalue weighted by Gasteiger charge is 2.23. The SMILES string of the molecule is Cc1nc(Cl)sc1S(=O)(=O)N(C)C. The molecule has 1 aromatic heterocycles. The van der Waals surface area contributed by atoms with Crippen LogP contribution in [0.4, 0.5) is 0 Å². The van der Waals surface area contributed by atoms with E-state index in [9.17, 15) is 8.42 Å². The van der Waals surface area contributed by atoms with Crippen LogP contribution in [-0.4, -0.2) is 31.8 Å². The van der Waals surface area contributed by atoms with E-state index in [2.05, 4.69) is 4.98 Å². The minimum Gasteiger partial charge on any atom is -0.229 e. The molecule has 0 radical (unpaired) electrons. The fourth-order valence-corrected chi connectivity index (χ4v) is 3.64. The Morgan fingerprint density at radius 2 is 2.00 bits per heavy atom. The topological polar surface area (TPSA) is 50.3 Å². The molecule has 0 amide bonds. The minimum absolute atomic E-state index is 0.211. The average molecular weight is 241 g/mol. The molecule has 0 unspecified atom stereocenters. The molecular formula is C6H9ClN2O2S2. The van der Waals surface area contributed by atoms with E-state index in [0.717, 1.165) is 15.6 Å². The van der Waals surface area contributed by atoms with Gasteiger partial charge in [-0.05, 0) is 6.92 Å². The second-order valence-corrected chi connectivity index (χ2v) is 6.56. The summed E-state index contributed by atoms with van der Waals surface area (Å²) in [6.45, 7) is 1.62. The molecule has 1 heterocycles. The van der Waals surface area contributed by atoms with E-state index >= 15 is 0 Å². The second kappa shape index (κ2) is 3.53. The van der Waals surface area contributed by atoms with Crippen molar-refractivity contribution in [2.24, 2.45) is 0 Å². The summed E-state index contributed by atoms with van der Waals surface area (Å²) < 4.78 is 24.8. The van der Waals surface area contributed by atoms with E-state index in [1.165, 1.54) is 14.1 Å². The van der Waals surface area contributed by atoms with Crippen molar-refractivity contribution in [1.82, 2.24) is 9.29 Å². The molecule has 0 atom stereocenters. The fraction of sp³-hybridized carbons (Fsp3) is 0.500. The molecular weight excluding hydrogens is 232 g/mol. The van der Waals surface area contributed by atoms with Crippen molar-refractivity contribution in [2.75, 3.05) is 14.1 Å². The first kappa shape index (κ1) is 10.9. The van der Waals surface area contributed by atoms with Crippen LogP contribution in [-0.2, 0) is 10.0 Å². The van der Waals surface area contributed by atoms with Crippen LogP contribution >= 0.6 is 22.9 Å². The summed E-state index contributed by atoms with van der Waals surface area (Å²) in [5.74, 6) is 0. The Hall–Kier alpha value is -0.170. The van der Waals surface area contributed by atoms with E-state index < -0.39 is 10.0 Å². The molecule has 0 spiro atoms. The monoisotopic (exact) mass is 240 g/mol. The van der Waals surface area contributed by atoms with E-state index in [1.807, 2.05) is 0 Å². The minimum atomic E-state index is -3.38. The first-order valence-corrected chi connectivity index (χ1v) is 6.04. The van der Waals surface area contributed by atoms with Crippen LogP contribution in [0, 0.1) is 6.92 Å². The summed E-state index contributed by atoms with van der Waals surface area (Å²) in [6, 6.07) is 0. The van der Waals surface area contributed by atoms with Gasteiger partial charge >= 0.3 is 0 Å². The molecule has 0 aliphatic heterocycles. The lowest BCUT2D eigenvalue weighted by Gasteiger charge is -2.08. The molecule has 0 fully saturated rings. The largest absolute Gasteiger partial charge is 0.253 e. The number of halogens is 1. The number of aryl methyl sites for hydroxylation is 1. The normalized spacial score (nSPS) is 12.4. The van der Waals surface area contributed by atoms with Crippen LogP contribution in [0.1, 0.15) is 5.69 Å². The molecule has 0 bridgehead atoms. The molecule has 4 nitrogen and oxygen atoms in total. The van der Waals surface area contributed by atoms with Crippen LogP contribution in [0.5, 0.6) is 0 Å². The van der Waals surface area contributed by atoms with Gasteiger partial charge in [-0.2, -0.15) is 0 Å². The molecule has 74 valence electrons. The zero-order valence-corrected chi connectivity index (χ0v) is 9.79. The van der Waals surface area contributed by atoms with Gasteiger partial charge in [0.05, 0.1) is 5.69 Å². The predicted molar refractivity (Wildman–Crippen MR) is 52.7 cm³/mol. The van der Waals surface area contributed by atoms with Crippen molar-refractivity contribution in [3.63, 3.8) is 0 Å². The van der Waals surface area contributed by atoms with Crippen molar-refractivity contribution < 1.29 is 8.42 Å². The lowest BCUT2D eigenvalue weighted by atomic mass is 10.6. The molecule has 0 aromatic carbocycles. The number of thiazole rings is 1. The van der Waals surface area contributed by atoms with Crippen molar-refractivity contribution in [2.45, 2.75) is 11.1 Å². The quantitative estimate of drug-likeness (QED) is 0.784. The van der Waals surface area contributed by atoms with E-state index in [4.69, 9.17) is 11.6 Å². The number of rotatable bonds is 2. The van der Waals surface area contributed by atoms with Gasteiger partial charge in [0.25, 0.3) is 10.0 Å². The summed E-state index contributed by atoms with van der Waals surface area (Å²) >= 11 is 6.58. The first-order chi connectivity index (χ1) is 5.85. The van der Waals surface area contributed by atoms with Gasteiger partial charge in [-0.1, -0.05) is 22.9 Å². The van der Waals surface area contributed by atoms with Gasteiger partial charge in [0.2, 0.25) is 0 Å². The molecule has 0 saturated carbocycles. The predicted octanol–water partition coefficient (Wildman–Crippen LogP) is 1.36. The number of aromatic nitrogens is 1. The third kappa shape index (κ3) is 2.01. The Balaban J connectivity index is 3.31. The highest BCUT2D eigenvalue weighted by atomic mass is 35.5. The lowest BCUT2D eigenvalue weighted by molar-refractivity contribution is 0.522. The molecule has 1 aromatic rings. The zero-order valence-electron chi connectivity index (χ0n) is 7.41. The summed E-state index contributed by atoms with van der Waals surface area (Å²) in [4.78, 5) is 3.84. The smallest absolute Gasteiger partial charge is 0.229 e. The average Bonchev–Trinajstić information content (AvgIpc) is 2.30. The van der Waals surface area contributed by atoms with Crippen molar-refractivity contribution >= 4 is 33.0 Å². The second-order valence-electron chi connectivity index (χ2n) is 2.63. The molecule has 0 aliphatic rings. The maximum Gasteiger partial charge on any atom is 0.253 e. The Kier molecular flexibility index (Phi) is 2.96. The highest BCUT2D eigenvalue weighted by Crippen LogP contribution is 2.28. The van der Waals surface area contributed by atoms with Gasteiger partial charge in [-0.15, -0.1) is 0 Å². The van der Waals surface area contributed by atoms with Gasteiger partial charge in [0.1, 0.15) is 0 Å². The third-order valence-electron chi connectivity index (χ3n) is 1.44. The van der Waals surface area contributed by atoms with Crippen molar-refractivity contribution in [3.05, 3.63) is 10.2 Å².